The van der Waals surface area contributed by atoms with E-state index in [0.717, 1.165) is 42.7 Å². The molecule has 148 valence electrons. The molecule has 0 spiro atoms. The number of piperidine rings is 1. The van der Waals surface area contributed by atoms with Gasteiger partial charge in [0.15, 0.2) is 0 Å². The molecule has 2 heterocycles. The number of aromatic nitrogens is 2. The second-order valence-electron chi connectivity index (χ2n) is 7.27. The minimum Gasteiger partial charge on any atom is -0.489 e. The van der Waals surface area contributed by atoms with E-state index in [1.54, 1.807) is 12.4 Å². The number of fused-ring (bicyclic) bond motifs is 1. The Kier molecular flexibility index (Phi) is 6.26. The quantitative estimate of drug-likeness (QED) is 0.694. The molecule has 9 heteroatoms. The fourth-order valence-corrected chi connectivity index (χ4v) is 4.38. The van der Waals surface area contributed by atoms with Gasteiger partial charge in [-0.1, -0.05) is 11.6 Å². The fourth-order valence-electron chi connectivity index (χ4n) is 3.47. The highest BCUT2D eigenvalue weighted by atomic mass is 35.5. The lowest BCUT2D eigenvalue weighted by Gasteiger charge is -2.33. The third-order valence-corrected chi connectivity index (χ3v) is 5.81. The molecule has 27 heavy (non-hydrogen) atoms. The molecule has 3 rings (SSSR count). The minimum atomic E-state index is -3.92. The lowest BCUT2D eigenvalue weighted by atomic mass is 9.94. The van der Waals surface area contributed by atoms with Gasteiger partial charge in [0.25, 0.3) is 0 Å². The molecule has 0 unspecified atom stereocenters. The smallest absolute Gasteiger partial charge is 0.325 e. The van der Waals surface area contributed by atoms with Crippen molar-refractivity contribution in [1.82, 2.24) is 9.97 Å². The maximum Gasteiger partial charge on any atom is 0.325 e. The van der Waals surface area contributed by atoms with Crippen LogP contribution in [0.2, 0.25) is 5.02 Å². The van der Waals surface area contributed by atoms with E-state index in [2.05, 4.69) is 14.9 Å². The van der Waals surface area contributed by atoms with Gasteiger partial charge in [0.05, 0.1) is 12.3 Å². The zero-order chi connectivity index (χ0) is 19.6. The van der Waals surface area contributed by atoms with Crippen molar-refractivity contribution in [2.24, 2.45) is 5.92 Å². The SMILES string of the molecule is CC(C)Oc1cc(Cl)cc2c(N3CCC(CCP(=O)(O)O)CC3)ncnc12. The fraction of sp³-hybridized carbons (Fsp3) is 0.556. The van der Waals surface area contributed by atoms with Gasteiger partial charge in [-0.05, 0) is 45.1 Å². The van der Waals surface area contributed by atoms with Crippen LogP contribution in [0, 0.1) is 5.92 Å². The zero-order valence-electron chi connectivity index (χ0n) is 15.5. The molecular formula is C18H25ClN3O4P. The molecule has 7 nitrogen and oxygen atoms in total. The summed E-state index contributed by atoms with van der Waals surface area (Å²) >= 11 is 6.30. The maximum absolute atomic E-state index is 11.1. The first kappa shape index (κ1) is 20.3. The van der Waals surface area contributed by atoms with Crippen LogP contribution in [0.5, 0.6) is 5.75 Å². The van der Waals surface area contributed by atoms with Crippen molar-refractivity contribution in [3.05, 3.63) is 23.5 Å². The van der Waals surface area contributed by atoms with Crippen LogP contribution < -0.4 is 9.64 Å². The van der Waals surface area contributed by atoms with Gasteiger partial charge >= 0.3 is 7.60 Å². The monoisotopic (exact) mass is 413 g/mol. The Morgan fingerprint density at radius 2 is 2.00 bits per heavy atom. The highest BCUT2D eigenvalue weighted by Crippen LogP contribution is 2.39. The summed E-state index contributed by atoms with van der Waals surface area (Å²) in [6.07, 6.45) is 3.82. The summed E-state index contributed by atoms with van der Waals surface area (Å²) in [5.74, 6) is 1.79. The molecule has 0 bridgehead atoms. The molecule has 0 radical (unpaired) electrons. The summed E-state index contributed by atoms with van der Waals surface area (Å²) in [7, 11) is -3.92. The number of anilines is 1. The van der Waals surface area contributed by atoms with Crippen molar-refractivity contribution < 1.29 is 19.1 Å². The van der Waals surface area contributed by atoms with E-state index in [4.69, 9.17) is 26.1 Å². The van der Waals surface area contributed by atoms with E-state index < -0.39 is 7.60 Å². The second kappa shape index (κ2) is 8.31. The highest BCUT2D eigenvalue weighted by molar-refractivity contribution is 7.51. The number of benzene rings is 1. The number of nitrogens with zero attached hydrogens (tertiary/aromatic N) is 3. The molecule has 1 aliphatic rings. The summed E-state index contributed by atoms with van der Waals surface area (Å²) < 4.78 is 17.0. The first-order valence-electron chi connectivity index (χ1n) is 9.13. The van der Waals surface area contributed by atoms with Crippen molar-refractivity contribution in [2.75, 3.05) is 24.2 Å². The number of ether oxygens (including phenoxy) is 1. The van der Waals surface area contributed by atoms with Gasteiger partial charge in [-0.15, -0.1) is 0 Å². The molecule has 2 aromatic rings. The predicted molar refractivity (Wildman–Crippen MR) is 107 cm³/mol. The molecule has 1 aliphatic heterocycles. The molecule has 2 N–H and O–H groups in total. The number of halogens is 1. The maximum atomic E-state index is 11.1. The van der Waals surface area contributed by atoms with Gasteiger partial charge < -0.3 is 19.4 Å². The largest absolute Gasteiger partial charge is 0.489 e. The topological polar surface area (TPSA) is 95.8 Å². The highest BCUT2D eigenvalue weighted by Gasteiger charge is 2.25. The standard InChI is InChI=1S/C18H25ClN3O4P/c1-12(2)26-16-10-14(19)9-15-17(16)20-11-21-18(15)22-6-3-13(4-7-22)5-8-27(23,24)25/h9-13H,3-8H2,1-2H3,(H2,23,24,25). The molecule has 0 atom stereocenters. The Bertz CT molecular complexity index is 850. The van der Waals surface area contributed by atoms with Gasteiger partial charge in [0.2, 0.25) is 0 Å². The Morgan fingerprint density at radius 1 is 1.30 bits per heavy atom. The molecule has 1 saturated heterocycles. The Balaban J connectivity index is 1.80. The van der Waals surface area contributed by atoms with Gasteiger partial charge in [0, 0.05) is 29.6 Å². The van der Waals surface area contributed by atoms with Crippen molar-refractivity contribution in [3.8, 4) is 5.75 Å². The lowest BCUT2D eigenvalue weighted by molar-refractivity contribution is 0.245. The van der Waals surface area contributed by atoms with Crippen molar-refractivity contribution in [2.45, 2.75) is 39.2 Å². The summed E-state index contributed by atoms with van der Waals surface area (Å²) in [5, 5.41) is 1.43. The van der Waals surface area contributed by atoms with Gasteiger partial charge in [-0.25, -0.2) is 9.97 Å². The molecule has 1 aromatic carbocycles. The summed E-state index contributed by atoms with van der Waals surface area (Å²) in [5.41, 5.74) is 0.738. The molecule has 0 amide bonds. The molecular weight excluding hydrogens is 389 g/mol. The number of hydrogen-bond acceptors (Lipinski definition) is 5. The lowest BCUT2D eigenvalue weighted by Crippen LogP contribution is -2.34. The van der Waals surface area contributed by atoms with E-state index in [-0.39, 0.29) is 12.3 Å². The van der Waals surface area contributed by atoms with Crippen molar-refractivity contribution >= 4 is 35.9 Å². The van der Waals surface area contributed by atoms with Gasteiger partial charge in [0.1, 0.15) is 23.4 Å². The van der Waals surface area contributed by atoms with Crippen LogP contribution in [0.4, 0.5) is 5.82 Å². The van der Waals surface area contributed by atoms with Gasteiger partial charge in [-0.3, -0.25) is 4.57 Å². The van der Waals surface area contributed by atoms with Crippen LogP contribution in [0.1, 0.15) is 33.1 Å². The summed E-state index contributed by atoms with van der Waals surface area (Å²) in [6, 6.07) is 3.63. The van der Waals surface area contributed by atoms with Crippen LogP contribution in [-0.4, -0.2) is 45.1 Å². The summed E-state index contributed by atoms with van der Waals surface area (Å²) in [6.45, 7) is 5.48. The third-order valence-electron chi connectivity index (χ3n) is 4.75. The van der Waals surface area contributed by atoms with E-state index in [9.17, 15) is 4.57 Å². The van der Waals surface area contributed by atoms with Crippen LogP contribution in [0.25, 0.3) is 10.9 Å². The normalized spacial score (nSPS) is 16.3. The van der Waals surface area contributed by atoms with E-state index in [1.165, 1.54) is 0 Å². The molecule has 1 aromatic heterocycles. The average molecular weight is 414 g/mol. The first-order chi connectivity index (χ1) is 12.7. The zero-order valence-corrected chi connectivity index (χ0v) is 17.2. The van der Waals surface area contributed by atoms with E-state index >= 15 is 0 Å². The Morgan fingerprint density at radius 3 is 2.63 bits per heavy atom. The van der Waals surface area contributed by atoms with Crippen molar-refractivity contribution in [3.63, 3.8) is 0 Å². The number of hydrogen-bond donors (Lipinski definition) is 2. The summed E-state index contributed by atoms with van der Waals surface area (Å²) in [4.78, 5) is 29.2. The van der Waals surface area contributed by atoms with Gasteiger partial charge in [-0.2, -0.15) is 0 Å². The first-order valence-corrected chi connectivity index (χ1v) is 11.3. The van der Waals surface area contributed by atoms with E-state index in [1.807, 2.05) is 19.9 Å². The molecule has 0 aliphatic carbocycles. The average Bonchev–Trinajstić information content (AvgIpc) is 2.59. The predicted octanol–water partition coefficient (Wildman–Crippen LogP) is 3.85. The minimum absolute atomic E-state index is 0.00912. The Hall–Kier alpha value is -1.40. The van der Waals surface area contributed by atoms with Crippen molar-refractivity contribution in [1.29, 1.82) is 0 Å². The van der Waals surface area contributed by atoms with Crippen LogP contribution in [0.15, 0.2) is 18.5 Å². The second-order valence-corrected chi connectivity index (χ2v) is 9.48. The molecule has 1 fully saturated rings. The van der Waals surface area contributed by atoms with Crippen LogP contribution in [0.3, 0.4) is 0 Å². The van der Waals surface area contributed by atoms with Crippen LogP contribution >= 0.6 is 19.2 Å². The van der Waals surface area contributed by atoms with E-state index in [0.29, 0.717) is 23.1 Å². The number of rotatable bonds is 6. The molecule has 0 saturated carbocycles. The Labute approximate surface area is 163 Å². The third kappa shape index (κ3) is 5.32. The van der Waals surface area contributed by atoms with Crippen LogP contribution in [-0.2, 0) is 4.57 Å².